The van der Waals surface area contributed by atoms with Crippen LogP contribution in [0.5, 0.6) is 0 Å². The maximum absolute atomic E-state index is 12.8. The molecule has 0 saturated heterocycles. The maximum atomic E-state index is 12.8. The molecule has 0 N–H and O–H groups in total. The van der Waals surface area contributed by atoms with E-state index in [0.29, 0.717) is 19.3 Å². The lowest BCUT2D eigenvalue weighted by atomic mass is 10.0. The van der Waals surface area contributed by atoms with E-state index in [9.17, 15) is 14.4 Å². The molecule has 432 valence electrons. The molecule has 0 rings (SSSR count). The summed E-state index contributed by atoms with van der Waals surface area (Å²) in [5.41, 5.74) is 0. The van der Waals surface area contributed by atoms with Crippen molar-refractivity contribution >= 4 is 17.9 Å². The predicted octanol–water partition coefficient (Wildman–Crippen LogP) is 22.4. The number of rotatable bonds is 62. The number of hydrogen-bond acceptors (Lipinski definition) is 6. The summed E-state index contributed by atoms with van der Waals surface area (Å²) < 4.78 is 16.8. The second-order valence-electron chi connectivity index (χ2n) is 22.7. The zero-order valence-electron chi connectivity index (χ0n) is 49.7. The van der Waals surface area contributed by atoms with Crippen molar-refractivity contribution in [1.29, 1.82) is 0 Å². The summed E-state index contributed by atoms with van der Waals surface area (Å²) in [5, 5.41) is 0. The molecule has 1 unspecified atom stereocenters. The number of unbranched alkanes of at least 4 members (excludes halogenated alkanes) is 49. The molecule has 0 aromatic carbocycles. The Kier molecular flexibility index (Phi) is 61.1. The number of hydrogen-bond donors (Lipinski definition) is 0. The number of allylic oxidation sites excluding steroid dienone is 2. The van der Waals surface area contributed by atoms with Crippen LogP contribution >= 0.6 is 0 Å². The van der Waals surface area contributed by atoms with Gasteiger partial charge in [0.15, 0.2) is 6.10 Å². The van der Waals surface area contributed by atoms with E-state index in [1.165, 1.54) is 276 Å². The van der Waals surface area contributed by atoms with Gasteiger partial charge in [0.1, 0.15) is 13.2 Å². The molecular formula is C67H128O6. The molecule has 0 saturated carbocycles. The van der Waals surface area contributed by atoms with Gasteiger partial charge in [-0.25, -0.2) is 0 Å². The smallest absolute Gasteiger partial charge is 0.306 e. The minimum atomic E-state index is -0.768. The molecule has 0 spiro atoms. The van der Waals surface area contributed by atoms with Gasteiger partial charge >= 0.3 is 17.9 Å². The van der Waals surface area contributed by atoms with Crippen molar-refractivity contribution in [3.63, 3.8) is 0 Å². The number of carbonyl (C=O) groups excluding carboxylic acids is 3. The van der Waals surface area contributed by atoms with Gasteiger partial charge < -0.3 is 14.2 Å². The first kappa shape index (κ1) is 71.2. The van der Waals surface area contributed by atoms with Gasteiger partial charge in [-0.2, -0.15) is 0 Å². The first-order valence-corrected chi connectivity index (χ1v) is 33.2. The molecule has 0 aliphatic rings. The standard InChI is InChI=1S/C67H128O6/c1-4-7-10-13-16-18-20-22-24-25-26-27-28-29-30-31-32-33-34-35-36-37-38-39-40-41-43-44-46-48-51-54-57-60-66(69)72-63-64(62-71-65(68)59-56-53-50-15-12-9-6-3)73-67(70)61-58-55-52-49-47-45-42-23-21-19-17-14-11-8-5-2/h23,42,64H,4-22,24-41,43-63H2,1-3H3/b42-23-. The maximum Gasteiger partial charge on any atom is 0.306 e. The van der Waals surface area contributed by atoms with Crippen molar-refractivity contribution in [2.75, 3.05) is 13.2 Å². The van der Waals surface area contributed by atoms with E-state index in [4.69, 9.17) is 14.2 Å². The average molecular weight is 1030 g/mol. The number of ether oxygens (including phenoxy) is 3. The average Bonchev–Trinajstić information content (AvgIpc) is 3.39. The second-order valence-corrected chi connectivity index (χ2v) is 22.7. The Labute approximate surface area is 456 Å². The zero-order valence-corrected chi connectivity index (χ0v) is 49.7. The van der Waals surface area contributed by atoms with Gasteiger partial charge in [-0.05, 0) is 44.9 Å². The van der Waals surface area contributed by atoms with E-state index in [0.717, 1.165) is 64.2 Å². The van der Waals surface area contributed by atoms with Crippen molar-refractivity contribution in [2.45, 2.75) is 386 Å². The van der Waals surface area contributed by atoms with Crippen LogP contribution in [0.1, 0.15) is 380 Å². The molecule has 0 aliphatic carbocycles. The lowest BCUT2D eigenvalue weighted by Crippen LogP contribution is -2.30. The van der Waals surface area contributed by atoms with E-state index >= 15 is 0 Å². The molecular weight excluding hydrogens is 901 g/mol. The largest absolute Gasteiger partial charge is 0.462 e. The van der Waals surface area contributed by atoms with Crippen molar-refractivity contribution in [3.8, 4) is 0 Å². The summed E-state index contributed by atoms with van der Waals surface area (Å²) in [5.74, 6) is -0.860. The topological polar surface area (TPSA) is 78.9 Å². The van der Waals surface area contributed by atoms with Gasteiger partial charge in [0.25, 0.3) is 0 Å². The predicted molar refractivity (Wildman–Crippen MR) is 317 cm³/mol. The fraction of sp³-hybridized carbons (Fsp3) is 0.925. The van der Waals surface area contributed by atoms with Gasteiger partial charge in [0.05, 0.1) is 0 Å². The van der Waals surface area contributed by atoms with Gasteiger partial charge in [-0.1, -0.05) is 328 Å². The first-order valence-electron chi connectivity index (χ1n) is 33.2. The van der Waals surface area contributed by atoms with Gasteiger partial charge in [-0.3, -0.25) is 14.4 Å². The Balaban J connectivity index is 3.91. The summed E-state index contributed by atoms with van der Waals surface area (Å²) >= 11 is 0. The molecule has 0 fully saturated rings. The lowest BCUT2D eigenvalue weighted by molar-refractivity contribution is -0.167. The van der Waals surface area contributed by atoms with Crippen LogP contribution in [0.2, 0.25) is 0 Å². The molecule has 0 aliphatic heterocycles. The summed E-state index contributed by atoms with van der Waals surface area (Å²) in [4.78, 5) is 38.0. The van der Waals surface area contributed by atoms with Gasteiger partial charge in [0.2, 0.25) is 0 Å². The fourth-order valence-corrected chi connectivity index (χ4v) is 10.3. The minimum absolute atomic E-state index is 0.0681. The van der Waals surface area contributed by atoms with E-state index in [-0.39, 0.29) is 31.1 Å². The molecule has 6 heteroatoms. The molecule has 1 atom stereocenters. The highest BCUT2D eigenvalue weighted by atomic mass is 16.6. The van der Waals surface area contributed by atoms with Crippen molar-refractivity contribution < 1.29 is 28.6 Å². The Hall–Kier alpha value is -1.85. The summed E-state index contributed by atoms with van der Waals surface area (Å²) in [6.07, 6.45) is 74.2. The number of carbonyl (C=O) groups is 3. The fourth-order valence-electron chi connectivity index (χ4n) is 10.3. The molecule has 73 heavy (non-hydrogen) atoms. The third-order valence-electron chi connectivity index (χ3n) is 15.3. The SMILES string of the molecule is CCCCCCCC/C=C\CCCCCCCC(=O)OC(COC(=O)CCCCCCCCC)COC(=O)CCCCCCCCCCCCCCCCCCCCCCCCCCCCCCCCCCC. The monoisotopic (exact) mass is 1030 g/mol. The molecule has 0 aromatic rings. The van der Waals surface area contributed by atoms with Gasteiger partial charge in [0, 0.05) is 19.3 Å². The normalized spacial score (nSPS) is 12.0. The van der Waals surface area contributed by atoms with E-state index in [1.54, 1.807) is 0 Å². The molecule has 0 radical (unpaired) electrons. The zero-order chi connectivity index (χ0) is 52.9. The Morgan fingerprint density at radius 2 is 0.452 bits per heavy atom. The van der Waals surface area contributed by atoms with Crippen molar-refractivity contribution in [2.24, 2.45) is 0 Å². The van der Waals surface area contributed by atoms with E-state index in [2.05, 4.69) is 32.9 Å². The van der Waals surface area contributed by atoms with E-state index in [1.807, 2.05) is 0 Å². The van der Waals surface area contributed by atoms with Crippen LogP contribution in [0.25, 0.3) is 0 Å². The molecule has 0 bridgehead atoms. The number of esters is 3. The van der Waals surface area contributed by atoms with Crippen LogP contribution in [0.3, 0.4) is 0 Å². The third-order valence-corrected chi connectivity index (χ3v) is 15.3. The second kappa shape index (κ2) is 62.7. The van der Waals surface area contributed by atoms with Crippen LogP contribution in [-0.4, -0.2) is 37.2 Å². The molecule has 0 aromatic heterocycles. The highest BCUT2D eigenvalue weighted by Gasteiger charge is 2.19. The Morgan fingerprint density at radius 3 is 0.685 bits per heavy atom. The molecule has 6 nitrogen and oxygen atoms in total. The lowest BCUT2D eigenvalue weighted by Gasteiger charge is -2.18. The van der Waals surface area contributed by atoms with Crippen LogP contribution < -0.4 is 0 Å². The summed E-state index contributed by atoms with van der Waals surface area (Å²) in [6.45, 7) is 6.65. The Morgan fingerprint density at radius 1 is 0.260 bits per heavy atom. The first-order chi connectivity index (χ1) is 36.0. The van der Waals surface area contributed by atoms with Crippen LogP contribution in [0, 0.1) is 0 Å². The summed E-state index contributed by atoms with van der Waals surface area (Å²) in [7, 11) is 0. The summed E-state index contributed by atoms with van der Waals surface area (Å²) in [6, 6.07) is 0. The third kappa shape index (κ3) is 60.9. The quantitative estimate of drug-likeness (QED) is 0.0261. The van der Waals surface area contributed by atoms with E-state index < -0.39 is 6.10 Å². The van der Waals surface area contributed by atoms with Gasteiger partial charge in [-0.15, -0.1) is 0 Å². The molecule has 0 heterocycles. The highest BCUT2D eigenvalue weighted by Crippen LogP contribution is 2.19. The minimum Gasteiger partial charge on any atom is -0.462 e. The molecule has 0 amide bonds. The van der Waals surface area contributed by atoms with Crippen molar-refractivity contribution in [3.05, 3.63) is 12.2 Å². The van der Waals surface area contributed by atoms with Crippen LogP contribution in [0.4, 0.5) is 0 Å². The van der Waals surface area contributed by atoms with Crippen LogP contribution in [0.15, 0.2) is 12.2 Å². The Bertz CT molecular complexity index is 1130. The van der Waals surface area contributed by atoms with Crippen LogP contribution in [-0.2, 0) is 28.6 Å². The van der Waals surface area contributed by atoms with Crippen molar-refractivity contribution in [1.82, 2.24) is 0 Å². The highest BCUT2D eigenvalue weighted by molar-refractivity contribution is 5.71.